The van der Waals surface area contributed by atoms with Crippen molar-refractivity contribution >= 4 is 0 Å². The first-order chi connectivity index (χ1) is 6.92. The van der Waals surface area contributed by atoms with Crippen molar-refractivity contribution in [3.8, 4) is 0 Å². The molecule has 14 heavy (non-hydrogen) atoms. The van der Waals surface area contributed by atoms with Crippen LogP contribution in [0.25, 0.3) is 0 Å². The fraction of sp³-hybridized carbons (Fsp3) is 0.727. The summed E-state index contributed by atoms with van der Waals surface area (Å²) in [6.07, 6.45) is 8.58. The molecule has 0 N–H and O–H groups in total. The van der Waals surface area contributed by atoms with E-state index in [-0.39, 0.29) is 0 Å². The van der Waals surface area contributed by atoms with Gasteiger partial charge in [0.25, 0.3) is 0 Å². The lowest BCUT2D eigenvalue weighted by Gasteiger charge is -2.45. The highest BCUT2D eigenvalue weighted by Crippen LogP contribution is 2.32. The van der Waals surface area contributed by atoms with Crippen molar-refractivity contribution in [1.82, 2.24) is 9.88 Å². The third kappa shape index (κ3) is 1.46. The molecule has 0 aliphatic carbocycles. The summed E-state index contributed by atoms with van der Waals surface area (Å²) in [5, 5.41) is 0. The van der Waals surface area contributed by atoms with Gasteiger partial charge < -0.3 is 4.42 Å². The molecular formula is C11H16N2O. The van der Waals surface area contributed by atoms with E-state index in [0.717, 1.165) is 18.2 Å². The third-order valence-electron chi connectivity index (χ3n) is 3.66. The first-order valence-corrected chi connectivity index (χ1v) is 5.54. The normalized spacial score (nSPS) is 36.1. The van der Waals surface area contributed by atoms with E-state index in [4.69, 9.17) is 4.42 Å². The van der Waals surface area contributed by atoms with Crippen molar-refractivity contribution in [2.24, 2.45) is 5.92 Å². The molecule has 1 unspecified atom stereocenters. The zero-order chi connectivity index (χ0) is 9.38. The van der Waals surface area contributed by atoms with Crippen LogP contribution in [0.4, 0.5) is 0 Å². The molecule has 0 aromatic carbocycles. The van der Waals surface area contributed by atoms with E-state index in [0.29, 0.717) is 6.04 Å². The van der Waals surface area contributed by atoms with Gasteiger partial charge >= 0.3 is 0 Å². The molecule has 4 heterocycles. The van der Waals surface area contributed by atoms with E-state index in [9.17, 15) is 0 Å². The first-order valence-electron chi connectivity index (χ1n) is 5.54. The monoisotopic (exact) mass is 192 g/mol. The summed E-state index contributed by atoms with van der Waals surface area (Å²) in [6, 6.07) is 0.696. The molecule has 0 spiro atoms. The van der Waals surface area contributed by atoms with Crippen molar-refractivity contribution in [2.75, 3.05) is 13.1 Å². The van der Waals surface area contributed by atoms with Crippen molar-refractivity contribution in [3.05, 3.63) is 18.4 Å². The lowest BCUT2D eigenvalue weighted by molar-refractivity contribution is 0.0466. The van der Waals surface area contributed by atoms with Crippen molar-refractivity contribution in [2.45, 2.75) is 31.7 Å². The van der Waals surface area contributed by atoms with Gasteiger partial charge in [0.2, 0.25) is 0 Å². The molecule has 4 rings (SSSR count). The maximum atomic E-state index is 5.31. The Morgan fingerprint density at radius 1 is 1.43 bits per heavy atom. The number of hydrogen-bond donors (Lipinski definition) is 0. The summed E-state index contributed by atoms with van der Waals surface area (Å²) in [6.45, 7) is 2.58. The molecule has 0 radical (unpaired) electrons. The van der Waals surface area contributed by atoms with Gasteiger partial charge in [-0.2, -0.15) is 0 Å². The van der Waals surface area contributed by atoms with Crippen molar-refractivity contribution < 1.29 is 4.42 Å². The molecule has 3 aliphatic heterocycles. The Morgan fingerprint density at radius 2 is 2.29 bits per heavy atom. The van der Waals surface area contributed by atoms with Crippen molar-refractivity contribution in [1.29, 1.82) is 0 Å². The Hall–Kier alpha value is -0.830. The number of fused-ring (bicyclic) bond motifs is 3. The van der Waals surface area contributed by atoms with Crippen LogP contribution in [0.2, 0.25) is 0 Å². The van der Waals surface area contributed by atoms with Gasteiger partial charge in [0.05, 0.1) is 6.20 Å². The van der Waals surface area contributed by atoms with Crippen LogP contribution in [0, 0.1) is 5.92 Å². The Morgan fingerprint density at radius 3 is 2.86 bits per heavy atom. The van der Waals surface area contributed by atoms with Gasteiger partial charge in [-0.25, -0.2) is 4.98 Å². The molecule has 1 aromatic rings. The summed E-state index contributed by atoms with van der Waals surface area (Å²) in [4.78, 5) is 6.80. The summed E-state index contributed by atoms with van der Waals surface area (Å²) in [5.74, 6) is 1.88. The predicted molar refractivity (Wildman–Crippen MR) is 52.9 cm³/mol. The lowest BCUT2D eigenvalue weighted by Crippen LogP contribution is -2.49. The van der Waals surface area contributed by atoms with Crippen LogP contribution in [0.1, 0.15) is 25.2 Å². The summed E-state index contributed by atoms with van der Waals surface area (Å²) < 4.78 is 5.31. The SMILES string of the molecule is c1coc(CC2CC3CCN2CC3)n1. The van der Waals surface area contributed by atoms with Gasteiger partial charge in [-0.15, -0.1) is 0 Å². The summed E-state index contributed by atoms with van der Waals surface area (Å²) in [7, 11) is 0. The molecule has 76 valence electrons. The molecule has 1 aromatic heterocycles. The smallest absolute Gasteiger partial charge is 0.195 e. The molecule has 3 aliphatic rings. The molecule has 0 amide bonds. The molecule has 3 fully saturated rings. The van der Waals surface area contributed by atoms with Crippen LogP contribution < -0.4 is 0 Å². The topological polar surface area (TPSA) is 29.3 Å². The van der Waals surface area contributed by atoms with E-state index in [1.54, 1.807) is 12.5 Å². The minimum absolute atomic E-state index is 0.696. The molecule has 3 saturated heterocycles. The van der Waals surface area contributed by atoms with Gasteiger partial charge in [0.1, 0.15) is 6.26 Å². The standard InChI is InChI=1S/C11H16N2O/c1-4-13-5-2-9(1)7-10(13)8-11-12-3-6-14-11/h3,6,9-10H,1-2,4-5,7-8H2. The zero-order valence-corrected chi connectivity index (χ0v) is 8.35. The molecule has 3 nitrogen and oxygen atoms in total. The highest BCUT2D eigenvalue weighted by molar-refractivity contribution is 4.93. The first kappa shape index (κ1) is 8.48. The maximum Gasteiger partial charge on any atom is 0.195 e. The quantitative estimate of drug-likeness (QED) is 0.714. The molecular weight excluding hydrogens is 176 g/mol. The van der Waals surface area contributed by atoms with E-state index in [1.807, 2.05) is 0 Å². The van der Waals surface area contributed by atoms with E-state index in [1.165, 1.54) is 32.4 Å². The molecule has 3 heteroatoms. The van der Waals surface area contributed by atoms with Gasteiger partial charge in [-0.05, 0) is 38.3 Å². The Bertz CT molecular complexity index is 288. The molecule has 2 bridgehead atoms. The number of oxazole rings is 1. The van der Waals surface area contributed by atoms with Crippen molar-refractivity contribution in [3.63, 3.8) is 0 Å². The minimum atomic E-state index is 0.696. The average molecular weight is 192 g/mol. The second kappa shape index (κ2) is 3.39. The number of piperidine rings is 3. The minimum Gasteiger partial charge on any atom is -0.449 e. The zero-order valence-electron chi connectivity index (χ0n) is 8.35. The number of nitrogens with zero attached hydrogens (tertiary/aromatic N) is 2. The largest absolute Gasteiger partial charge is 0.449 e. The summed E-state index contributed by atoms with van der Waals surface area (Å²) >= 11 is 0. The van der Waals surface area contributed by atoms with Crippen LogP contribution in [0.5, 0.6) is 0 Å². The average Bonchev–Trinajstić information content (AvgIpc) is 2.72. The fourth-order valence-corrected chi connectivity index (χ4v) is 2.86. The maximum absolute atomic E-state index is 5.31. The second-order valence-corrected chi connectivity index (χ2v) is 4.50. The van der Waals surface area contributed by atoms with Gasteiger partial charge in [-0.3, -0.25) is 4.90 Å². The Labute approximate surface area is 84.1 Å². The molecule has 1 atom stereocenters. The van der Waals surface area contributed by atoms with Crippen LogP contribution in [-0.4, -0.2) is 29.0 Å². The van der Waals surface area contributed by atoms with Crippen LogP contribution >= 0.6 is 0 Å². The molecule has 0 saturated carbocycles. The number of rotatable bonds is 2. The number of hydrogen-bond acceptors (Lipinski definition) is 3. The summed E-state index contributed by atoms with van der Waals surface area (Å²) in [5.41, 5.74) is 0. The van der Waals surface area contributed by atoms with Crippen LogP contribution in [0.15, 0.2) is 16.9 Å². The van der Waals surface area contributed by atoms with Crippen LogP contribution in [0.3, 0.4) is 0 Å². The number of aromatic nitrogens is 1. The van der Waals surface area contributed by atoms with Crippen LogP contribution in [-0.2, 0) is 6.42 Å². The second-order valence-electron chi connectivity index (χ2n) is 4.50. The third-order valence-corrected chi connectivity index (χ3v) is 3.66. The van der Waals surface area contributed by atoms with Gasteiger partial charge in [0.15, 0.2) is 5.89 Å². The Balaban J connectivity index is 1.68. The Kier molecular flexibility index (Phi) is 2.05. The predicted octanol–water partition coefficient (Wildman–Crippen LogP) is 1.70. The fourth-order valence-electron chi connectivity index (χ4n) is 2.86. The van der Waals surface area contributed by atoms with Gasteiger partial charge in [0, 0.05) is 12.5 Å². The van der Waals surface area contributed by atoms with E-state index < -0.39 is 0 Å². The highest BCUT2D eigenvalue weighted by atomic mass is 16.3. The van der Waals surface area contributed by atoms with E-state index >= 15 is 0 Å². The van der Waals surface area contributed by atoms with E-state index in [2.05, 4.69) is 9.88 Å². The highest BCUT2D eigenvalue weighted by Gasteiger charge is 2.33. The van der Waals surface area contributed by atoms with Gasteiger partial charge in [-0.1, -0.05) is 0 Å². The lowest BCUT2D eigenvalue weighted by atomic mass is 9.82.